The van der Waals surface area contributed by atoms with Crippen molar-refractivity contribution in [2.45, 2.75) is 25.4 Å². The molecule has 4 heterocycles. The quantitative estimate of drug-likeness (QED) is 0.911. The highest BCUT2D eigenvalue weighted by molar-refractivity contribution is 7.18. The minimum Gasteiger partial charge on any atom is -0.355 e. The highest BCUT2D eigenvalue weighted by Gasteiger charge is 2.41. The summed E-state index contributed by atoms with van der Waals surface area (Å²) < 4.78 is 37.9. The lowest BCUT2D eigenvalue weighted by molar-refractivity contribution is -0.126. The molecule has 0 aromatic carbocycles. The van der Waals surface area contributed by atoms with E-state index in [-0.39, 0.29) is 0 Å². The first kappa shape index (κ1) is 15.1. The van der Waals surface area contributed by atoms with E-state index in [4.69, 9.17) is 0 Å². The van der Waals surface area contributed by atoms with Crippen LogP contribution in [0.25, 0.3) is 10.2 Å². The Labute approximate surface area is 135 Å². The minimum absolute atomic E-state index is 0.294. The highest BCUT2D eigenvalue weighted by Crippen LogP contribution is 2.40. The molecular formula is C15H17F3N4S. The summed E-state index contributed by atoms with van der Waals surface area (Å²) in [5.74, 6) is 0.781. The van der Waals surface area contributed by atoms with Gasteiger partial charge in [0.2, 0.25) is 0 Å². The van der Waals surface area contributed by atoms with E-state index < -0.39 is 12.6 Å². The summed E-state index contributed by atoms with van der Waals surface area (Å²) in [6.07, 6.45) is -1.38. The molecule has 2 aromatic rings. The van der Waals surface area contributed by atoms with Crippen LogP contribution in [-0.4, -0.2) is 42.3 Å². The van der Waals surface area contributed by atoms with Gasteiger partial charge in [0.05, 0.1) is 11.8 Å². The fourth-order valence-corrected chi connectivity index (χ4v) is 4.71. The maximum absolute atomic E-state index is 12.6. The maximum atomic E-state index is 12.6. The normalized spacial score (nSPS) is 25.1. The summed E-state index contributed by atoms with van der Waals surface area (Å²) in [4.78, 5) is 11.7. The average Bonchev–Trinajstić information content (AvgIpc) is 3.17. The van der Waals surface area contributed by atoms with Gasteiger partial charge in [0.25, 0.3) is 0 Å². The molecule has 0 radical (unpaired) electrons. The van der Waals surface area contributed by atoms with E-state index >= 15 is 0 Å². The summed E-state index contributed by atoms with van der Waals surface area (Å²) in [6, 6.07) is 1.61. The van der Waals surface area contributed by atoms with Gasteiger partial charge in [-0.15, -0.1) is 11.3 Å². The zero-order chi connectivity index (χ0) is 16.1. The molecule has 2 saturated heterocycles. The lowest BCUT2D eigenvalue weighted by Crippen LogP contribution is -2.29. The molecule has 8 heteroatoms. The second-order valence-corrected chi connectivity index (χ2v) is 7.63. The average molecular weight is 342 g/mol. The van der Waals surface area contributed by atoms with E-state index in [0.717, 1.165) is 61.6 Å². The molecule has 23 heavy (non-hydrogen) atoms. The Morgan fingerprint density at radius 3 is 2.91 bits per heavy atom. The second kappa shape index (κ2) is 5.31. The minimum atomic E-state index is -4.19. The number of hydrogen-bond acceptors (Lipinski definition) is 5. The molecule has 2 fully saturated rings. The van der Waals surface area contributed by atoms with Gasteiger partial charge in [0, 0.05) is 29.9 Å². The fraction of sp³-hybridized carbons (Fsp3) is 0.600. The van der Waals surface area contributed by atoms with Crippen LogP contribution in [0.5, 0.6) is 0 Å². The van der Waals surface area contributed by atoms with Crippen LogP contribution in [0.1, 0.15) is 17.7 Å². The Balaban J connectivity index is 1.65. The molecule has 1 spiro atoms. The van der Waals surface area contributed by atoms with Crippen molar-refractivity contribution in [1.82, 2.24) is 15.3 Å². The Hall–Kier alpha value is -1.41. The van der Waals surface area contributed by atoms with E-state index in [1.54, 1.807) is 6.07 Å². The van der Waals surface area contributed by atoms with E-state index in [9.17, 15) is 13.2 Å². The van der Waals surface area contributed by atoms with Gasteiger partial charge in [-0.2, -0.15) is 13.2 Å². The molecule has 2 aliphatic rings. The molecule has 0 saturated carbocycles. The van der Waals surface area contributed by atoms with Gasteiger partial charge in [-0.1, -0.05) is 0 Å². The Bertz CT molecular complexity index is 721. The SMILES string of the molecule is FC(F)(F)Cc1cc2c(N3CC[C@@]4(CCNC4)C3)ncnc2s1. The largest absolute Gasteiger partial charge is 0.393 e. The topological polar surface area (TPSA) is 41.0 Å². The van der Waals surface area contributed by atoms with Crippen molar-refractivity contribution in [2.75, 3.05) is 31.1 Å². The van der Waals surface area contributed by atoms with Crippen LogP contribution in [0.4, 0.5) is 19.0 Å². The van der Waals surface area contributed by atoms with Gasteiger partial charge in [0.15, 0.2) is 0 Å². The zero-order valence-corrected chi connectivity index (χ0v) is 13.3. The third kappa shape index (κ3) is 2.89. The molecule has 0 aliphatic carbocycles. The van der Waals surface area contributed by atoms with Gasteiger partial charge in [-0.25, -0.2) is 9.97 Å². The van der Waals surface area contributed by atoms with Gasteiger partial charge in [0.1, 0.15) is 17.0 Å². The first-order valence-electron chi connectivity index (χ1n) is 7.70. The first-order chi connectivity index (χ1) is 10.9. The lowest BCUT2D eigenvalue weighted by atomic mass is 9.87. The van der Waals surface area contributed by atoms with Gasteiger partial charge in [-0.3, -0.25) is 0 Å². The molecule has 4 nitrogen and oxygen atoms in total. The summed E-state index contributed by atoms with van der Waals surface area (Å²) in [5.41, 5.74) is 0.294. The number of hydrogen-bond donors (Lipinski definition) is 1. The standard InChI is InChI=1S/C15H17F3N4S/c16-15(17,18)6-10-5-11-12(20-9-21-13(11)23-10)22-4-2-14(8-22)1-3-19-7-14/h5,9,19H,1-4,6-8H2/t14-/m1/s1. The summed E-state index contributed by atoms with van der Waals surface area (Å²) >= 11 is 1.11. The number of alkyl halides is 3. The number of aromatic nitrogens is 2. The van der Waals surface area contributed by atoms with Crippen LogP contribution >= 0.6 is 11.3 Å². The number of nitrogens with one attached hydrogen (secondary N) is 1. The summed E-state index contributed by atoms with van der Waals surface area (Å²) in [6.45, 7) is 3.87. The van der Waals surface area contributed by atoms with Crippen LogP contribution in [-0.2, 0) is 6.42 Å². The van der Waals surface area contributed by atoms with Crippen LogP contribution in [0.2, 0.25) is 0 Å². The molecular weight excluding hydrogens is 325 g/mol. The predicted molar refractivity (Wildman–Crippen MR) is 83.9 cm³/mol. The van der Waals surface area contributed by atoms with Gasteiger partial charge < -0.3 is 10.2 Å². The van der Waals surface area contributed by atoms with Crippen LogP contribution < -0.4 is 10.2 Å². The number of anilines is 1. The Morgan fingerprint density at radius 1 is 1.30 bits per heavy atom. The van der Waals surface area contributed by atoms with E-state index in [1.807, 2.05) is 0 Å². The zero-order valence-electron chi connectivity index (χ0n) is 12.5. The van der Waals surface area contributed by atoms with Crippen molar-refractivity contribution in [3.8, 4) is 0 Å². The molecule has 124 valence electrons. The van der Waals surface area contributed by atoms with E-state index in [1.165, 1.54) is 6.33 Å². The molecule has 1 N–H and O–H groups in total. The van der Waals surface area contributed by atoms with E-state index in [2.05, 4.69) is 20.2 Å². The number of thiophene rings is 1. The van der Waals surface area contributed by atoms with Crippen LogP contribution in [0.3, 0.4) is 0 Å². The number of halogens is 3. The summed E-state index contributed by atoms with van der Waals surface area (Å²) in [7, 11) is 0. The molecule has 2 aromatic heterocycles. The van der Waals surface area contributed by atoms with Crippen molar-refractivity contribution in [3.05, 3.63) is 17.3 Å². The van der Waals surface area contributed by atoms with Crippen molar-refractivity contribution in [2.24, 2.45) is 5.41 Å². The van der Waals surface area contributed by atoms with Crippen molar-refractivity contribution in [3.63, 3.8) is 0 Å². The molecule has 2 aliphatic heterocycles. The first-order valence-corrected chi connectivity index (χ1v) is 8.52. The summed E-state index contributed by atoms with van der Waals surface area (Å²) in [5, 5.41) is 4.16. The van der Waals surface area contributed by atoms with Crippen molar-refractivity contribution in [1.29, 1.82) is 0 Å². The third-order valence-electron chi connectivity index (χ3n) is 4.80. The third-order valence-corrected chi connectivity index (χ3v) is 5.85. The number of nitrogens with zero attached hydrogens (tertiary/aromatic N) is 3. The lowest BCUT2D eigenvalue weighted by Gasteiger charge is -2.23. The van der Waals surface area contributed by atoms with Gasteiger partial charge in [-0.05, 0) is 25.5 Å². The molecule has 0 amide bonds. The monoisotopic (exact) mass is 342 g/mol. The molecule has 0 unspecified atom stereocenters. The maximum Gasteiger partial charge on any atom is 0.393 e. The fourth-order valence-electron chi connectivity index (χ4n) is 3.69. The van der Waals surface area contributed by atoms with Crippen LogP contribution in [0.15, 0.2) is 12.4 Å². The molecule has 1 atom stereocenters. The van der Waals surface area contributed by atoms with Crippen molar-refractivity contribution >= 4 is 27.4 Å². The van der Waals surface area contributed by atoms with E-state index in [0.29, 0.717) is 15.1 Å². The Morgan fingerprint density at radius 2 is 2.17 bits per heavy atom. The molecule has 4 rings (SSSR count). The Kier molecular flexibility index (Phi) is 3.49. The number of rotatable bonds is 2. The van der Waals surface area contributed by atoms with Crippen molar-refractivity contribution < 1.29 is 13.2 Å². The highest BCUT2D eigenvalue weighted by atomic mass is 32.1. The van der Waals surface area contributed by atoms with Crippen LogP contribution in [0, 0.1) is 5.41 Å². The number of fused-ring (bicyclic) bond motifs is 1. The molecule has 0 bridgehead atoms. The van der Waals surface area contributed by atoms with Gasteiger partial charge >= 0.3 is 6.18 Å². The second-order valence-electron chi connectivity index (χ2n) is 6.52. The predicted octanol–water partition coefficient (Wildman–Crippen LogP) is 2.99. The smallest absolute Gasteiger partial charge is 0.355 e.